The monoisotopic (exact) mass is 270 g/mol. The first-order chi connectivity index (χ1) is 9.74. The Balaban J connectivity index is 1.77. The number of pyridine rings is 1. The molecule has 0 atom stereocenters. The molecule has 5 heteroatoms. The van der Waals surface area contributed by atoms with E-state index in [1.165, 1.54) is 12.8 Å². The highest BCUT2D eigenvalue weighted by molar-refractivity contribution is 6.06. The van der Waals surface area contributed by atoms with E-state index in [1.54, 1.807) is 6.07 Å². The summed E-state index contributed by atoms with van der Waals surface area (Å²) in [5.74, 6) is 0.262. The molecule has 4 N–H and O–H groups in total. The van der Waals surface area contributed by atoms with Crippen molar-refractivity contribution in [2.75, 3.05) is 18.4 Å². The van der Waals surface area contributed by atoms with Gasteiger partial charge in [-0.25, -0.2) is 4.98 Å². The first-order valence-corrected chi connectivity index (χ1v) is 6.91. The van der Waals surface area contributed by atoms with E-state index in [4.69, 9.17) is 5.73 Å². The molecule has 1 aromatic heterocycles. The van der Waals surface area contributed by atoms with Gasteiger partial charge in [-0.05, 0) is 25.0 Å². The van der Waals surface area contributed by atoms with E-state index in [0.29, 0.717) is 17.4 Å². The molecule has 3 rings (SSSR count). The zero-order valence-corrected chi connectivity index (χ0v) is 11.2. The molecule has 1 heterocycles. The van der Waals surface area contributed by atoms with Crippen LogP contribution >= 0.6 is 0 Å². The Morgan fingerprint density at radius 2 is 2.10 bits per heavy atom. The third-order valence-corrected chi connectivity index (χ3v) is 3.42. The van der Waals surface area contributed by atoms with Crippen LogP contribution in [-0.2, 0) is 0 Å². The maximum absolute atomic E-state index is 11.5. The lowest BCUT2D eigenvalue weighted by Gasteiger charge is -2.10. The lowest BCUT2D eigenvalue weighted by Crippen LogP contribution is -2.24. The molecule has 0 aliphatic heterocycles. The standard InChI is InChI=1S/C15H18N4O/c16-15(20)12-9-14(18-8-7-17-10-5-6-10)19-13-4-2-1-3-11(12)13/h1-4,9-10,17H,5-8H2,(H2,16,20)(H,18,19). The topological polar surface area (TPSA) is 80.0 Å². The van der Waals surface area contributed by atoms with Gasteiger partial charge in [-0.2, -0.15) is 0 Å². The summed E-state index contributed by atoms with van der Waals surface area (Å²) >= 11 is 0. The summed E-state index contributed by atoms with van der Waals surface area (Å²) in [6.07, 6.45) is 2.56. The quantitative estimate of drug-likeness (QED) is 0.695. The first kappa shape index (κ1) is 12.9. The van der Waals surface area contributed by atoms with Gasteiger partial charge in [0, 0.05) is 24.5 Å². The van der Waals surface area contributed by atoms with Crippen LogP contribution in [0.1, 0.15) is 23.2 Å². The molecule has 0 radical (unpaired) electrons. The van der Waals surface area contributed by atoms with Crippen molar-refractivity contribution < 1.29 is 4.79 Å². The predicted octanol–water partition coefficient (Wildman–Crippen LogP) is 1.50. The molecule has 104 valence electrons. The average molecular weight is 270 g/mol. The Bertz CT molecular complexity index is 637. The van der Waals surface area contributed by atoms with Crippen LogP contribution in [0.25, 0.3) is 10.9 Å². The summed E-state index contributed by atoms with van der Waals surface area (Å²) in [5.41, 5.74) is 6.73. The summed E-state index contributed by atoms with van der Waals surface area (Å²) < 4.78 is 0. The van der Waals surface area contributed by atoms with Crippen molar-refractivity contribution in [3.05, 3.63) is 35.9 Å². The number of nitrogens with two attached hydrogens (primary N) is 1. The van der Waals surface area contributed by atoms with Crippen molar-refractivity contribution in [3.63, 3.8) is 0 Å². The fourth-order valence-corrected chi connectivity index (χ4v) is 2.22. The first-order valence-electron chi connectivity index (χ1n) is 6.91. The number of primary amides is 1. The molecule has 1 aromatic carbocycles. The second-order valence-corrected chi connectivity index (χ2v) is 5.09. The number of nitrogens with zero attached hydrogens (tertiary/aromatic N) is 1. The van der Waals surface area contributed by atoms with Crippen molar-refractivity contribution in [3.8, 4) is 0 Å². The third-order valence-electron chi connectivity index (χ3n) is 3.42. The number of hydrogen-bond acceptors (Lipinski definition) is 4. The number of para-hydroxylation sites is 1. The number of rotatable bonds is 6. The van der Waals surface area contributed by atoms with Crippen molar-refractivity contribution in [2.45, 2.75) is 18.9 Å². The average Bonchev–Trinajstić information content (AvgIpc) is 3.26. The third kappa shape index (κ3) is 2.88. The van der Waals surface area contributed by atoms with Gasteiger partial charge >= 0.3 is 0 Å². The lowest BCUT2D eigenvalue weighted by atomic mass is 10.1. The van der Waals surface area contributed by atoms with Crippen molar-refractivity contribution in [2.24, 2.45) is 5.73 Å². The molecule has 20 heavy (non-hydrogen) atoms. The van der Waals surface area contributed by atoms with Crippen molar-refractivity contribution in [1.29, 1.82) is 0 Å². The van der Waals surface area contributed by atoms with Crippen LogP contribution in [-0.4, -0.2) is 30.0 Å². The fourth-order valence-electron chi connectivity index (χ4n) is 2.22. The number of nitrogens with one attached hydrogen (secondary N) is 2. The van der Waals surface area contributed by atoms with E-state index in [2.05, 4.69) is 15.6 Å². The molecule has 1 fully saturated rings. The van der Waals surface area contributed by atoms with Crippen LogP contribution in [0.4, 0.5) is 5.82 Å². The number of carbonyl (C=O) groups is 1. The number of benzene rings is 1. The second-order valence-electron chi connectivity index (χ2n) is 5.09. The number of aromatic nitrogens is 1. The van der Waals surface area contributed by atoms with E-state index < -0.39 is 5.91 Å². The van der Waals surface area contributed by atoms with Gasteiger partial charge in [-0.15, -0.1) is 0 Å². The molecule has 1 saturated carbocycles. The Hall–Kier alpha value is -2.14. The number of amides is 1. The summed E-state index contributed by atoms with van der Waals surface area (Å²) in [5, 5.41) is 7.45. The summed E-state index contributed by atoms with van der Waals surface area (Å²) in [6.45, 7) is 1.67. The van der Waals surface area contributed by atoms with E-state index >= 15 is 0 Å². The highest BCUT2D eigenvalue weighted by atomic mass is 16.1. The van der Waals surface area contributed by atoms with Crippen LogP contribution in [0.15, 0.2) is 30.3 Å². The van der Waals surface area contributed by atoms with Crippen molar-refractivity contribution in [1.82, 2.24) is 10.3 Å². The van der Waals surface area contributed by atoms with Gasteiger partial charge < -0.3 is 16.4 Å². The Kier molecular flexibility index (Phi) is 3.52. The molecule has 0 saturated heterocycles. The summed E-state index contributed by atoms with van der Waals surface area (Å²) in [7, 11) is 0. The van der Waals surface area contributed by atoms with E-state index in [9.17, 15) is 4.79 Å². The van der Waals surface area contributed by atoms with E-state index in [0.717, 1.165) is 24.0 Å². The van der Waals surface area contributed by atoms with E-state index in [-0.39, 0.29) is 0 Å². The molecule has 1 amide bonds. The van der Waals surface area contributed by atoms with Gasteiger partial charge in [-0.1, -0.05) is 18.2 Å². The highest BCUT2D eigenvalue weighted by Crippen LogP contribution is 2.20. The molecular formula is C15H18N4O. The lowest BCUT2D eigenvalue weighted by molar-refractivity contribution is 0.100. The smallest absolute Gasteiger partial charge is 0.249 e. The normalized spacial score (nSPS) is 14.4. The van der Waals surface area contributed by atoms with E-state index in [1.807, 2.05) is 24.3 Å². The van der Waals surface area contributed by atoms with Gasteiger partial charge in [0.25, 0.3) is 0 Å². The van der Waals surface area contributed by atoms with Gasteiger partial charge in [0.1, 0.15) is 5.82 Å². The van der Waals surface area contributed by atoms with Gasteiger partial charge in [0.2, 0.25) is 5.91 Å². The van der Waals surface area contributed by atoms with Crippen LogP contribution in [0.5, 0.6) is 0 Å². The SMILES string of the molecule is NC(=O)c1cc(NCCNC2CC2)nc2ccccc12. The van der Waals surface area contributed by atoms with Gasteiger partial charge in [0.05, 0.1) is 11.1 Å². The molecular weight excluding hydrogens is 252 g/mol. The fraction of sp³-hybridized carbons (Fsp3) is 0.333. The minimum atomic E-state index is -0.428. The van der Waals surface area contributed by atoms with Crippen LogP contribution < -0.4 is 16.4 Å². The molecule has 5 nitrogen and oxygen atoms in total. The molecule has 0 bridgehead atoms. The highest BCUT2D eigenvalue weighted by Gasteiger charge is 2.19. The largest absolute Gasteiger partial charge is 0.369 e. The minimum Gasteiger partial charge on any atom is -0.369 e. The van der Waals surface area contributed by atoms with Gasteiger partial charge in [0.15, 0.2) is 0 Å². The molecule has 0 spiro atoms. The van der Waals surface area contributed by atoms with Crippen molar-refractivity contribution >= 4 is 22.6 Å². The Morgan fingerprint density at radius 1 is 1.30 bits per heavy atom. The minimum absolute atomic E-state index is 0.428. The number of fused-ring (bicyclic) bond motifs is 1. The summed E-state index contributed by atoms with van der Waals surface area (Å²) in [6, 6.07) is 9.95. The van der Waals surface area contributed by atoms with Crippen LogP contribution in [0.3, 0.4) is 0 Å². The molecule has 1 aliphatic carbocycles. The van der Waals surface area contributed by atoms with Crippen LogP contribution in [0, 0.1) is 0 Å². The number of anilines is 1. The Morgan fingerprint density at radius 3 is 2.85 bits per heavy atom. The maximum Gasteiger partial charge on any atom is 0.249 e. The zero-order valence-electron chi connectivity index (χ0n) is 11.2. The van der Waals surface area contributed by atoms with Crippen LogP contribution in [0.2, 0.25) is 0 Å². The predicted molar refractivity (Wildman–Crippen MR) is 79.8 cm³/mol. The number of hydrogen-bond donors (Lipinski definition) is 3. The maximum atomic E-state index is 11.5. The zero-order chi connectivity index (χ0) is 13.9. The molecule has 2 aromatic rings. The Labute approximate surface area is 117 Å². The molecule has 1 aliphatic rings. The molecule has 0 unspecified atom stereocenters. The summed E-state index contributed by atoms with van der Waals surface area (Å²) in [4.78, 5) is 16.1. The van der Waals surface area contributed by atoms with Gasteiger partial charge in [-0.3, -0.25) is 4.79 Å². The second kappa shape index (κ2) is 5.46. The number of carbonyl (C=O) groups excluding carboxylic acids is 1.